The Balaban J connectivity index is 1.74. The van der Waals surface area contributed by atoms with Crippen molar-refractivity contribution in [1.29, 1.82) is 0 Å². The molecule has 0 fully saturated rings. The quantitative estimate of drug-likeness (QED) is 0.506. The van der Waals surface area contributed by atoms with Crippen molar-refractivity contribution >= 4 is 35.0 Å². The molecule has 8 nitrogen and oxygen atoms in total. The lowest BCUT2D eigenvalue weighted by molar-refractivity contribution is -0.113. The van der Waals surface area contributed by atoms with Crippen LogP contribution in [0.1, 0.15) is 30.5 Å². The SMILES string of the molecule is CCOC(=O)NC1(c2ccccc2)C=C2C(=O)N(Cc3ccccc3)c3cccc(c32)N1C(=O)OCC. The van der Waals surface area contributed by atoms with E-state index in [0.29, 0.717) is 34.6 Å². The zero-order valence-electron chi connectivity index (χ0n) is 20.6. The van der Waals surface area contributed by atoms with E-state index in [-0.39, 0.29) is 19.1 Å². The van der Waals surface area contributed by atoms with E-state index in [4.69, 9.17) is 9.47 Å². The Kier molecular flexibility index (Phi) is 6.40. The first kappa shape index (κ1) is 24.1. The third-order valence-corrected chi connectivity index (χ3v) is 6.42. The lowest BCUT2D eigenvalue weighted by Gasteiger charge is -2.44. The summed E-state index contributed by atoms with van der Waals surface area (Å²) in [7, 11) is 0. The highest BCUT2D eigenvalue weighted by Crippen LogP contribution is 2.51. The van der Waals surface area contributed by atoms with Crippen molar-refractivity contribution < 1.29 is 23.9 Å². The molecular weight excluding hydrogens is 470 g/mol. The standard InChI is InChI=1S/C29H27N3O5/c1-3-36-27(34)30-29(21-14-9-6-10-15-21)18-22-25-23(16-11-17-24(25)32(29)28(35)37-4-2)31(26(22)33)19-20-12-7-5-8-13-20/h5-18H,3-4,19H2,1-2H3,(H,30,34). The molecule has 1 unspecified atom stereocenters. The van der Waals surface area contributed by atoms with Crippen molar-refractivity contribution in [2.45, 2.75) is 26.1 Å². The van der Waals surface area contributed by atoms with Crippen LogP contribution in [0.3, 0.4) is 0 Å². The summed E-state index contributed by atoms with van der Waals surface area (Å²) in [6.45, 7) is 4.03. The zero-order valence-corrected chi connectivity index (χ0v) is 20.6. The van der Waals surface area contributed by atoms with Crippen LogP contribution in [0, 0.1) is 0 Å². The Morgan fingerprint density at radius 1 is 0.838 bits per heavy atom. The molecule has 0 aliphatic carbocycles. The number of hydrogen-bond donors (Lipinski definition) is 1. The monoisotopic (exact) mass is 497 g/mol. The van der Waals surface area contributed by atoms with Crippen LogP contribution in [0.2, 0.25) is 0 Å². The number of anilines is 2. The number of carbonyl (C=O) groups excluding carboxylic acids is 3. The first-order valence-corrected chi connectivity index (χ1v) is 12.2. The molecule has 2 aliphatic heterocycles. The normalized spacial score (nSPS) is 17.7. The van der Waals surface area contributed by atoms with Crippen LogP contribution in [0.4, 0.5) is 21.0 Å². The van der Waals surface area contributed by atoms with Crippen molar-refractivity contribution in [3.63, 3.8) is 0 Å². The Bertz CT molecular complexity index is 1370. The van der Waals surface area contributed by atoms with Gasteiger partial charge in [0.25, 0.3) is 5.91 Å². The van der Waals surface area contributed by atoms with E-state index in [1.165, 1.54) is 4.90 Å². The van der Waals surface area contributed by atoms with Crippen LogP contribution in [0.25, 0.3) is 5.57 Å². The highest BCUT2D eigenvalue weighted by molar-refractivity contribution is 6.35. The second kappa shape index (κ2) is 9.81. The van der Waals surface area contributed by atoms with Crippen LogP contribution < -0.4 is 15.1 Å². The van der Waals surface area contributed by atoms with Crippen LogP contribution in [-0.2, 0) is 26.5 Å². The summed E-state index contributed by atoms with van der Waals surface area (Å²) in [4.78, 5) is 43.4. The van der Waals surface area contributed by atoms with Crippen molar-refractivity contribution in [3.8, 4) is 0 Å². The average Bonchev–Trinajstić information content (AvgIpc) is 3.17. The van der Waals surface area contributed by atoms with E-state index >= 15 is 0 Å². The molecule has 0 radical (unpaired) electrons. The van der Waals surface area contributed by atoms with Crippen LogP contribution in [0.5, 0.6) is 0 Å². The number of carbonyl (C=O) groups is 3. The minimum atomic E-state index is -1.57. The maximum absolute atomic E-state index is 13.9. The number of hydrogen-bond acceptors (Lipinski definition) is 5. The molecule has 8 heteroatoms. The van der Waals surface area contributed by atoms with E-state index in [1.807, 2.05) is 42.5 Å². The summed E-state index contributed by atoms with van der Waals surface area (Å²) < 4.78 is 10.7. The van der Waals surface area contributed by atoms with E-state index in [1.54, 1.807) is 61.2 Å². The Morgan fingerprint density at radius 2 is 1.49 bits per heavy atom. The Morgan fingerprint density at radius 3 is 2.16 bits per heavy atom. The molecule has 5 rings (SSSR count). The van der Waals surface area contributed by atoms with E-state index in [9.17, 15) is 14.4 Å². The molecule has 188 valence electrons. The number of benzene rings is 3. The molecule has 3 amide bonds. The molecule has 3 aromatic rings. The maximum Gasteiger partial charge on any atom is 0.416 e. The van der Waals surface area contributed by atoms with Crippen LogP contribution >= 0.6 is 0 Å². The molecule has 0 aromatic heterocycles. The topological polar surface area (TPSA) is 88.2 Å². The van der Waals surface area contributed by atoms with Gasteiger partial charge in [0, 0.05) is 11.1 Å². The van der Waals surface area contributed by atoms with Gasteiger partial charge in [0.2, 0.25) is 0 Å². The molecule has 2 aliphatic rings. The van der Waals surface area contributed by atoms with Gasteiger partial charge in [-0.3, -0.25) is 10.1 Å². The molecule has 1 N–H and O–H groups in total. The van der Waals surface area contributed by atoms with Gasteiger partial charge in [-0.1, -0.05) is 66.7 Å². The maximum atomic E-state index is 13.9. The molecule has 0 spiro atoms. The van der Waals surface area contributed by atoms with Crippen molar-refractivity contribution in [3.05, 3.63) is 102 Å². The molecule has 2 heterocycles. The van der Waals surface area contributed by atoms with Gasteiger partial charge in [-0.25, -0.2) is 14.5 Å². The lowest BCUT2D eigenvalue weighted by atomic mass is 9.87. The average molecular weight is 498 g/mol. The third kappa shape index (κ3) is 4.10. The van der Waals surface area contributed by atoms with Gasteiger partial charge in [0.1, 0.15) is 0 Å². The largest absolute Gasteiger partial charge is 0.450 e. The fourth-order valence-electron chi connectivity index (χ4n) is 4.92. The fraction of sp³-hybridized carbons (Fsp3) is 0.207. The summed E-state index contributed by atoms with van der Waals surface area (Å²) in [5.74, 6) is -0.222. The van der Waals surface area contributed by atoms with E-state index in [2.05, 4.69) is 5.32 Å². The van der Waals surface area contributed by atoms with Gasteiger partial charge >= 0.3 is 12.2 Å². The van der Waals surface area contributed by atoms with Gasteiger partial charge in [-0.15, -0.1) is 0 Å². The summed E-state index contributed by atoms with van der Waals surface area (Å²) >= 11 is 0. The molecule has 0 saturated carbocycles. The third-order valence-electron chi connectivity index (χ3n) is 6.42. The summed E-state index contributed by atoms with van der Waals surface area (Å²) in [6.07, 6.45) is 0.236. The highest BCUT2D eigenvalue weighted by Gasteiger charge is 2.51. The number of nitrogens with zero attached hydrogens (tertiary/aromatic N) is 2. The van der Waals surface area contributed by atoms with E-state index < -0.39 is 17.8 Å². The number of ether oxygens (including phenoxy) is 2. The van der Waals surface area contributed by atoms with Crippen molar-refractivity contribution in [2.24, 2.45) is 0 Å². The fourth-order valence-corrected chi connectivity index (χ4v) is 4.92. The minimum Gasteiger partial charge on any atom is -0.450 e. The van der Waals surface area contributed by atoms with Crippen molar-refractivity contribution in [2.75, 3.05) is 23.0 Å². The molecular formula is C29H27N3O5. The highest BCUT2D eigenvalue weighted by atomic mass is 16.6. The summed E-state index contributed by atoms with van der Waals surface area (Å²) in [5.41, 5.74) is 2.11. The lowest BCUT2D eigenvalue weighted by Crippen LogP contribution is -2.61. The summed E-state index contributed by atoms with van der Waals surface area (Å²) in [5, 5.41) is 2.87. The number of rotatable bonds is 6. The van der Waals surface area contributed by atoms with Crippen LogP contribution in [-0.4, -0.2) is 31.3 Å². The predicted molar refractivity (Wildman–Crippen MR) is 140 cm³/mol. The predicted octanol–water partition coefficient (Wildman–Crippen LogP) is 5.19. The molecule has 0 saturated heterocycles. The second-order valence-electron chi connectivity index (χ2n) is 8.62. The number of amides is 3. The Labute approximate surface area is 215 Å². The molecule has 37 heavy (non-hydrogen) atoms. The van der Waals surface area contributed by atoms with Gasteiger partial charge in [-0.2, -0.15) is 0 Å². The molecule has 1 atom stereocenters. The Hall–Kier alpha value is -4.59. The van der Waals surface area contributed by atoms with Gasteiger partial charge in [0.15, 0.2) is 5.66 Å². The second-order valence-corrected chi connectivity index (χ2v) is 8.62. The van der Waals surface area contributed by atoms with Crippen molar-refractivity contribution in [1.82, 2.24) is 5.32 Å². The molecule has 3 aromatic carbocycles. The van der Waals surface area contributed by atoms with Gasteiger partial charge in [0.05, 0.1) is 36.7 Å². The smallest absolute Gasteiger partial charge is 0.416 e. The summed E-state index contributed by atoms with van der Waals surface area (Å²) in [6, 6.07) is 24.1. The molecule has 0 bridgehead atoms. The van der Waals surface area contributed by atoms with Gasteiger partial charge in [-0.05, 0) is 37.6 Å². The number of alkyl carbamates (subject to hydrolysis) is 1. The van der Waals surface area contributed by atoms with E-state index in [0.717, 1.165) is 5.56 Å². The first-order valence-electron chi connectivity index (χ1n) is 12.2. The first-order chi connectivity index (χ1) is 18.0. The zero-order chi connectivity index (χ0) is 26.0. The van der Waals surface area contributed by atoms with Crippen LogP contribution in [0.15, 0.2) is 84.9 Å². The minimum absolute atomic E-state index is 0.129. The number of nitrogens with one attached hydrogen (secondary N) is 1. The van der Waals surface area contributed by atoms with Gasteiger partial charge < -0.3 is 14.4 Å².